The van der Waals surface area contributed by atoms with Crippen LogP contribution in [-0.2, 0) is 0 Å². The van der Waals surface area contributed by atoms with Gasteiger partial charge in [-0.05, 0) is 6.42 Å². The summed E-state index contributed by atoms with van der Waals surface area (Å²) < 4.78 is 1.75. The van der Waals surface area contributed by atoms with Gasteiger partial charge in [0.25, 0.3) is 5.56 Å². The van der Waals surface area contributed by atoms with Gasteiger partial charge in [0.05, 0.1) is 25.1 Å². The number of nitrogens with zero attached hydrogens (tertiary/aromatic N) is 3. The zero-order valence-corrected chi connectivity index (χ0v) is 10.6. The first-order valence-corrected chi connectivity index (χ1v) is 6.29. The Labute approximate surface area is 113 Å². The van der Waals surface area contributed by atoms with Crippen molar-refractivity contribution in [2.24, 2.45) is 5.92 Å². The molecule has 0 spiro atoms. The molecule has 20 heavy (non-hydrogen) atoms. The average Bonchev–Trinajstić information content (AvgIpc) is 3.03. The van der Waals surface area contributed by atoms with Gasteiger partial charge in [-0.15, -0.1) is 0 Å². The number of aromatic amines is 1. The van der Waals surface area contributed by atoms with Crippen molar-refractivity contribution >= 4 is 17.1 Å². The van der Waals surface area contributed by atoms with Crippen LogP contribution < -0.4 is 11.3 Å². The molecular weight excluding hydrogens is 262 g/mol. The van der Waals surface area contributed by atoms with E-state index in [0.717, 1.165) is 0 Å². The highest BCUT2D eigenvalue weighted by molar-refractivity contribution is 5.70. The van der Waals surface area contributed by atoms with E-state index in [1.807, 2.05) is 12.2 Å². The van der Waals surface area contributed by atoms with E-state index in [9.17, 15) is 9.90 Å². The number of fused-ring (bicyclic) bond motifs is 1. The summed E-state index contributed by atoms with van der Waals surface area (Å²) in [4.78, 5) is 22.3. The normalized spacial score (nSPS) is 23.5. The van der Waals surface area contributed by atoms with Crippen molar-refractivity contribution in [3.63, 3.8) is 0 Å². The molecule has 8 nitrogen and oxygen atoms in total. The number of rotatable bonds is 3. The molecule has 0 saturated heterocycles. The Bertz CT molecular complexity index is 719. The van der Waals surface area contributed by atoms with Crippen LogP contribution in [0.3, 0.4) is 0 Å². The van der Waals surface area contributed by atoms with Gasteiger partial charge in [-0.25, -0.2) is 4.98 Å². The van der Waals surface area contributed by atoms with Gasteiger partial charge in [0.1, 0.15) is 0 Å². The van der Waals surface area contributed by atoms with E-state index in [0.29, 0.717) is 12.1 Å². The predicted molar refractivity (Wildman–Crippen MR) is 71.9 cm³/mol. The molecule has 1 aliphatic carbocycles. The zero-order valence-electron chi connectivity index (χ0n) is 10.6. The Morgan fingerprint density at radius 1 is 1.55 bits per heavy atom. The number of nitrogens with two attached hydrogens (primary N) is 1. The van der Waals surface area contributed by atoms with Crippen molar-refractivity contribution < 1.29 is 10.2 Å². The molecule has 0 radical (unpaired) electrons. The third kappa shape index (κ3) is 1.98. The van der Waals surface area contributed by atoms with Crippen LogP contribution in [0.15, 0.2) is 23.3 Å². The lowest BCUT2D eigenvalue weighted by molar-refractivity contribution is 0.0605. The highest BCUT2D eigenvalue weighted by atomic mass is 16.3. The largest absolute Gasteiger partial charge is 0.394 e. The summed E-state index contributed by atoms with van der Waals surface area (Å²) in [7, 11) is 0. The van der Waals surface area contributed by atoms with Gasteiger partial charge in [0, 0.05) is 5.92 Å². The van der Waals surface area contributed by atoms with Crippen LogP contribution in [0.1, 0.15) is 12.5 Å². The molecule has 0 saturated carbocycles. The van der Waals surface area contributed by atoms with Crippen LogP contribution in [0.5, 0.6) is 0 Å². The van der Waals surface area contributed by atoms with E-state index in [1.165, 1.54) is 6.33 Å². The predicted octanol–water partition coefficient (Wildman–Crippen LogP) is -0.828. The Kier molecular flexibility index (Phi) is 3.03. The highest BCUT2D eigenvalue weighted by Gasteiger charge is 2.27. The van der Waals surface area contributed by atoms with Gasteiger partial charge in [-0.1, -0.05) is 12.2 Å². The van der Waals surface area contributed by atoms with Crippen molar-refractivity contribution in [2.45, 2.75) is 18.6 Å². The molecule has 2 heterocycles. The molecule has 106 valence electrons. The number of hydrogen-bond acceptors (Lipinski definition) is 6. The topological polar surface area (TPSA) is 130 Å². The molecule has 0 aliphatic heterocycles. The summed E-state index contributed by atoms with van der Waals surface area (Å²) in [6.45, 7) is -0.280. The molecular formula is C12H15N5O3. The highest BCUT2D eigenvalue weighted by Crippen LogP contribution is 2.31. The number of aliphatic hydroxyl groups excluding tert-OH is 2. The number of aromatic nitrogens is 4. The number of nitrogen functional groups attached to an aromatic ring is 1. The second kappa shape index (κ2) is 4.73. The standard InChI is InChI=1S/C12H15N5O3/c13-12-15-10-9(11(20)16-12)14-5-17(10)7-2-1-6(3-7)8(19)4-18/h1-2,5-8,18-19H,3-4H2,(H3,13,15,16,20)/t6-,7+,8+/m0/s1. The summed E-state index contributed by atoms with van der Waals surface area (Å²) in [5.41, 5.74) is 5.83. The minimum atomic E-state index is -0.785. The maximum Gasteiger partial charge on any atom is 0.280 e. The van der Waals surface area contributed by atoms with Gasteiger partial charge in [0.2, 0.25) is 5.95 Å². The van der Waals surface area contributed by atoms with E-state index in [2.05, 4.69) is 15.0 Å². The average molecular weight is 277 g/mol. The van der Waals surface area contributed by atoms with Crippen molar-refractivity contribution in [1.29, 1.82) is 0 Å². The zero-order chi connectivity index (χ0) is 14.3. The fourth-order valence-electron chi connectivity index (χ4n) is 2.52. The molecule has 2 aromatic rings. The molecule has 3 atom stereocenters. The van der Waals surface area contributed by atoms with Crippen LogP contribution in [0.4, 0.5) is 5.95 Å². The fraction of sp³-hybridized carbons (Fsp3) is 0.417. The number of imidazole rings is 1. The number of allylic oxidation sites excluding steroid dienone is 1. The molecule has 1 aliphatic rings. The maximum atomic E-state index is 11.7. The van der Waals surface area contributed by atoms with Crippen LogP contribution >= 0.6 is 0 Å². The summed E-state index contributed by atoms with van der Waals surface area (Å²) in [6.07, 6.45) is 5.13. The second-order valence-electron chi connectivity index (χ2n) is 4.88. The third-order valence-electron chi connectivity index (χ3n) is 3.58. The first-order chi connectivity index (χ1) is 9.60. The molecule has 0 aromatic carbocycles. The Hall–Kier alpha value is -2.19. The van der Waals surface area contributed by atoms with E-state index >= 15 is 0 Å². The summed E-state index contributed by atoms with van der Waals surface area (Å²) in [5, 5.41) is 18.6. The molecule has 8 heteroatoms. The molecule has 0 amide bonds. The molecule has 2 aromatic heterocycles. The Morgan fingerprint density at radius 3 is 3.10 bits per heavy atom. The van der Waals surface area contributed by atoms with Gasteiger partial charge >= 0.3 is 0 Å². The minimum Gasteiger partial charge on any atom is -0.394 e. The van der Waals surface area contributed by atoms with Crippen LogP contribution in [0.2, 0.25) is 0 Å². The number of nitrogens with one attached hydrogen (secondary N) is 1. The molecule has 0 bridgehead atoms. The van der Waals surface area contributed by atoms with Crippen LogP contribution in [0.25, 0.3) is 11.2 Å². The van der Waals surface area contributed by atoms with Gasteiger partial charge in [-0.2, -0.15) is 4.98 Å². The number of anilines is 1. The molecule has 0 fully saturated rings. The van der Waals surface area contributed by atoms with E-state index in [-0.39, 0.29) is 35.6 Å². The summed E-state index contributed by atoms with van der Waals surface area (Å²) >= 11 is 0. The molecule has 5 N–H and O–H groups in total. The fourth-order valence-corrected chi connectivity index (χ4v) is 2.52. The molecule has 0 unspecified atom stereocenters. The van der Waals surface area contributed by atoms with E-state index in [1.54, 1.807) is 4.57 Å². The Morgan fingerprint density at radius 2 is 2.35 bits per heavy atom. The van der Waals surface area contributed by atoms with E-state index < -0.39 is 6.10 Å². The lowest BCUT2D eigenvalue weighted by Gasteiger charge is -2.17. The van der Waals surface area contributed by atoms with Gasteiger partial charge in [0.15, 0.2) is 11.2 Å². The van der Waals surface area contributed by atoms with E-state index in [4.69, 9.17) is 10.8 Å². The van der Waals surface area contributed by atoms with Crippen LogP contribution in [-0.4, -0.2) is 42.4 Å². The first kappa shape index (κ1) is 12.8. The lowest BCUT2D eigenvalue weighted by atomic mass is 10.0. The second-order valence-corrected chi connectivity index (χ2v) is 4.88. The third-order valence-corrected chi connectivity index (χ3v) is 3.58. The lowest BCUT2D eigenvalue weighted by Crippen LogP contribution is -2.22. The number of H-pyrrole nitrogens is 1. The minimum absolute atomic E-state index is 0.0400. The maximum absolute atomic E-state index is 11.7. The quantitative estimate of drug-likeness (QED) is 0.542. The SMILES string of the molecule is Nc1nc2c(ncn2[C@@H]2C=C[C@H]([C@H](O)CO)C2)c(=O)[nH]1. The number of hydrogen-bond donors (Lipinski definition) is 4. The monoisotopic (exact) mass is 277 g/mol. The Balaban J connectivity index is 1.97. The summed E-state index contributed by atoms with van der Waals surface area (Å²) in [5.74, 6) is -0.0834. The van der Waals surface area contributed by atoms with Gasteiger partial charge < -0.3 is 20.5 Å². The van der Waals surface area contributed by atoms with Crippen molar-refractivity contribution in [2.75, 3.05) is 12.3 Å². The molecule has 3 rings (SSSR count). The smallest absolute Gasteiger partial charge is 0.280 e. The van der Waals surface area contributed by atoms with Gasteiger partial charge in [-0.3, -0.25) is 9.78 Å². The first-order valence-electron chi connectivity index (χ1n) is 6.29. The number of aliphatic hydroxyl groups is 2. The van der Waals surface area contributed by atoms with Crippen molar-refractivity contribution in [1.82, 2.24) is 19.5 Å². The summed E-state index contributed by atoms with van der Waals surface area (Å²) in [6, 6.07) is -0.0695. The van der Waals surface area contributed by atoms with Crippen molar-refractivity contribution in [3.8, 4) is 0 Å². The van der Waals surface area contributed by atoms with Crippen LogP contribution in [0, 0.1) is 5.92 Å². The van der Waals surface area contributed by atoms with Crippen molar-refractivity contribution in [3.05, 3.63) is 28.8 Å².